The van der Waals surface area contributed by atoms with E-state index in [0.29, 0.717) is 5.57 Å². The van der Waals surface area contributed by atoms with Crippen LogP contribution in [-0.4, -0.2) is 11.1 Å². The molecule has 0 spiro atoms. The van der Waals surface area contributed by atoms with Gasteiger partial charge in [0.05, 0.1) is 5.57 Å². The van der Waals surface area contributed by atoms with Gasteiger partial charge in [0, 0.05) is 0 Å². The summed E-state index contributed by atoms with van der Waals surface area (Å²) in [5.41, 5.74) is 1.45. The Morgan fingerprint density at radius 3 is 2.08 bits per heavy atom. The topological polar surface area (TPSA) is 37.3 Å². The minimum Gasteiger partial charge on any atom is -0.478 e. The van der Waals surface area contributed by atoms with Gasteiger partial charge in [0.15, 0.2) is 0 Å². The highest BCUT2D eigenvalue weighted by Crippen LogP contribution is 2.05. The number of hydrogen-bond acceptors (Lipinski definition) is 1. The quantitative estimate of drug-likeness (QED) is 0.539. The van der Waals surface area contributed by atoms with Crippen LogP contribution >= 0.6 is 0 Å². The maximum atomic E-state index is 10.5. The smallest absolute Gasteiger partial charge is 0.335 e. The monoisotopic (exact) mass is 184 g/mol. The fourth-order valence-electron chi connectivity index (χ4n) is 0.636. The van der Waals surface area contributed by atoms with Gasteiger partial charge in [-0.2, -0.15) is 0 Å². The number of hydrogen-bond donors (Lipinski definition) is 1. The van der Waals surface area contributed by atoms with Crippen LogP contribution in [0.2, 0.25) is 0 Å². The van der Waals surface area contributed by atoms with Crippen LogP contribution in [-0.2, 0) is 4.79 Å². The average Bonchev–Trinajstić information content (AvgIpc) is 2.16. The number of carboxylic acids is 1. The molecule has 0 radical (unpaired) electrons. The summed E-state index contributed by atoms with van der Waals surface area (Å²) in [6.07, 6.45) is 4.19. The molecule has 0 atom stereocenters. The number of aliphatic carboxylic acids is 1. The first-order chi connectivity index (χ1) is 6.11. The van der Waals surface area contributed by atoms with Crippen molar-refractivity contribution in [1.29, 1.82) is 0 Å². The predicted octanol–water partition coefficient (Wildman–Crippen LogP) is 3.40. The zero-order chi connectivity index (χ0) is 10.9. The second-order valence-corrected chi connectivity index (χ2v) is 2.39. The SMILES string of the molecule is C/C=C(\C=C(/C)CC)C(=O)O.CC. The molecule has 0 saturated carbocycles. The molecule has 2 heteroatoms. The van der Waals surface area contributed by atoms with E-state index >= 15 is 0 Å². The Bertz CT molecular complexity index is 200. The van der Waals surface area contributed by atoms with Gasteiger partial charge in [-0.05, 0) is 26.3 Å². The minimum absolute atomic E-state index is 0.365. The van der Waals surface area contributed by atoms with Crippen molar-refractivity contribution in [2.75, 3.05) is 0 Å². The maximum Gasteiger partial charge on any atom is 0.335 e. The van der Waals surface area contributed by atoms with Crippen molar-refractivity contribution in [3.63, 3.8) is 0 Å². The van der Waals surface area contributed by atoms with Crippen molar-refractivity contribution in [2.45, 2.75) is 41.0 Å². The van der Waals surface area contributed by atoms with Gasteiger partial charge >= 0.3 is 5.97 Å². The van der Waals surface area contributed by atoms with Gasteiger partial charge in [-0.25, -0.2) is 4.79 Å². The summed E-state index contributed by atoms with van der Waals surface area (Å²) in [5, 5.41) is 8.60. The van der Waals surface area contributed by atoms with Crippen molar-refractivity contribution < 1.29 is 9.90 Å². The second-order valence-electron chi connectivity index (χ2n) is 2.39. The summed E-state index contributed by atoms with van der Waals surface area (Å²) in [4.78, 5) is 10.5. The molecule has 0 aromatic carbocycles. The molecule has 1 N–H and O–H groups in total. The first-order valence-electron chi connectivity index (χ1n) is 4.68. The Balaban J connectivity index is 0. The van der Waals surface area contributed by atoms with E-state index < -0.39 is 5.97 Å². The molecule has 13 heavy (non-hydrogen) atoms. The molecule has 0 heterocycles. The maximum absolute atomic E-state index is 10.5. The van der Waals surface area contributed by atoms with Gasteiger partial charge in [0.1, 0.15) is 0 Å². The number of rotatable bonds is 3. The molecule has 0 amide bonds. The van der Waals surface area contributed by atoms with Crippen LogP contribution in [0.4, 0.5) is 0 Å². The van der Waals surface area contributed by atoms with E-state index in [1.807, 2.05) is 27.7 Å². The van der Waals surface area contributed by atoms with Crippen molar-refractivity contribution in [2.24, 2.45) is 0 Å². The van der Waals surface area contributed by atoms with E-state index in [9.17, 15) is 4.79 Å². The van der Waals surface area contributed by atoms with Gasteiger partial charge in [0.25, 0.3) is 0 Å². The molecular formula is C11H20O2. The van der Waals surface area contributed by atoms with E-state index in [1.165, 1.54) is 0 Å². The van der Waals surface area contributed by atoms with Crippen molar-refractivity contribution >= 4 is 5.97 Å². The summed E-state index contributed by atoms with van der Waals surface area (Å²) in [6, 6.07) is 0. The summed E-state index contributed by atoms with van der Waals surface area (Å²) >= 11 is 0. The van der Waals surface area contributed by atoms with Crippen LogP contribution in [0.15, 0.2) is 23.3 Å². The summed E-state index contributed by atoms with van der Waals surface area (Å²) < 4.78 is 0. The second kappa shape index (κ2) is 9.04. The Hall–Kier alpha value is -1.05. The first kappa shape index (κ1) is 14.5. The zero-order valence-corrected chi connectivity index (χ0v) is 9.22. The molecule has 76 valence electrons. The third-order valence-electron chi connectivity index (χ3n) is 1.52. The lowest BCUT2D eigenvalue weighted by atomic mass is 10.1. The summed E-state index contributed by atoms with van der Waals surface area (Å²) in [7, 11) is 0. The van der Waals surface area contributed by atoms with E-state index in [-0.39, 0.29) is 0 Å². The van der Waals surface area contributed by atoms with Crippen LogP contribution in [0.5, 0.6) is 0 Å². The van der Waals surface area contributed by atoms with Crippen LogP contribution in [0.1, 0.15) is 41.0 Å². The van der Waals surface area contributed by atoms with E-state index in [2.05, 4.69) is 0 Å². The average molecular weight is 184 g/mol. The van der Waals surface area contributed by atoms with Gasteiger partial charge < -0.3 is 5.11 Å². The molecule has 0 unspecified atom stereocenters. The van der Waals surface area contributed by atoms with Crippen molar-refractivity contribution in [1.82, 2.24) is 0 Å². The lowest BCUT2D eigenvalue weighted by Crippen LogP contribution is -1.97. The fraction of sp³-hybridized carbons (Fsp3) is 0.545. The van der Waals surface area contributed by atoms with E-state index in [4.69, 9.17) is 5.11 Å². The molecule has 0 bridgehead atoms. The van der Waals surface area contributed by atoms with Gasteiger partial charge in [-0.3, -0.25) is 0 Å². The summed E-state index contributed by atoms with van der Waals surface area (Å²) in [5.74, 6) is -0.861. The Kier molecular flexibility index (Phi) is 10.1. The number of allylic oxidation sites excluding steroid dienone is 2. The van der Waals surface area contributed by atoms with Crippen molar-refractivity contribution in [3.05, 3.63) is 23.3 Å². The third-order valence-corrected chi connectivity index (χ3v) is 1.52. The van der Waals surface area contributed by atoms with Gasteiger partial charge in [-0.15, -0.1) is 0 Å². The Labute approximate surface area is 81.0 Å². The molecule has 0 aliphatic carbocycles. The van der Waals surface area contributed by atoms with Gasteiger partial charge in [-0.1, -0.05) is 32.4 Å². The molecule has 0 saturated heterocycles. The molecule has 0 fully saturated rings. The third kappa shape index (κ3) is 7.32. The van der Waals surface area contributed by atoms with Crippen LogP contribution in [0.25, 0.3) is 0 Å². The molecular weight excluding hydrogens is 164 g/mol. The van der Waals surface area contributed by atoms with Crippen LogP contribution in [0, 0.1) is 0 Å². The van der Waals surface area contributed by atoms with Crippen LogP contribution in [0.3, 0.4) is 0 Å². The number of carboxylic acid groups (broad SMARTS) is 1. The van der Waals surface area contributed by atoms with Crippen LogP contribution < -0.4 is 0 Å². The Morgan fingerprint density at radius 2 is 1.85 bits per heavy atom. The Morgan fingerprint density at radius 1 is 1.38 bits per heavy atom. The standard InChI is InChI=1S/C9H14O2.C2H6/c1-4-7(3)6-8(5-2)9(10)11;1-2/h5-6H,4H2,1-3H3,(H,10,11);1-2H3/b7-6+,8-5+;. The predicted molar refractivity (Wildman–Crippen MR) is 56.8 cm³/mol. The molecule has 0 aliphatic heterocycles. The highest BCUT2D eigenvalue weighted by Gasteiger charge is 2.00. The molecule has 0 aliphatic rings. The normalized spacial score (nSPS) is 11.8. The largest absolute Gasteiger partial charge is 0.478 e. The highest BCUT2D eigenvalue weighted by atomic mass is 16.4. The lowest BCUT2D eigenvalue weighted by Gasteiger charge is -1.95. The van der Waals surface area contributed by atoms with E-state index in [0.717, 1.165) is 12.0 Å². The molecule has 0 rings (SSSR count). The minimum atomic E-state index is -0.861. The fourth-order valence-corrected chi connectivity index (χ4v) is 0.636. The molecule has 0 aromatic heterocycles. The van der Waals surface area contributed by atoms with Crippen molar-refractivity contribution in [3.8, 4) is 0 Å². The van der Waals surface area contributed by atoms with Gasteiger partial charge in [0.2, 0.25) is 0 Å². The highest BCUT2D eigenvalue weighted by molar-refractivity contribution is 5.89. The number of carbonyl (C=O) groups is 1. The molecule has 2 nitrogen and oxygen atoms in total. The van der Waals surface area contributed by atoms with E-state index in [1.54, 1.807) is 19.1 Å². The lowest BCUT2D eigenvalue weighted by molar-refractivity contribution is -0.132. The first-order valence-corrected chi connectivity index (χ1v) is 4.68. The summed E-state index contributed by atoms with van der Waals surface area (Å²) in [6.45, 7) is 9.65. The molecule has 0 aromatic rings. The zero-order valence-electron chi connectivity index (χ0n) is 9.22.